The highest BCUT2D eigenvalue weighted by Crippen LogP contribution is 2.44. The molecule has 0 saturated carbocycles. The molecule has 0 unspecified atom stereocenters. The van der Waals surface area contributed by atoms with Crippen LogP contribution in [0.4, 0.5) is 0 Å². The van der Waals surface area contributed by atoms with Crippen LogP contribution in [0.5, 0.6) is 11.5 Å². The standard InChI is InChI=1S/C22H24N2O6S/c1-6-10-29-21(27)18-12(3)23-22-24(20(26)13(4)31-22)19(18)15-8-9-16(30-14(5)25)17(11-15)28-7-2/h6,8-9,11,13,19H,1,7,10H2,2-5H3/t13-,19+/m0/s1. The van der Waals surface area contributed by atoms with Gasteiger partial charge in [0.05, 0.1) is 29.2 Å². The number of aliphatic imine (C=N–C) groups is 1. The molecule has 8 nitrogen and oxygen atoms in total. The molecule has 9 heteroatoms. The summed E-state index contributed by atoms with van der Waals surface area (Å²) in [5.74, 6) is -0.620. The van der Waals surface area contributed by atoms with Gasteiger partial charge in [-0.2, -0.15) is 0 Å². The fourth-order valence-corrected chi connectivity index (χ4v) is 4.42. The summed E-state index contributed by atoms with van der Waals surface area (Å²) in [6, 6.07) is 4.21. The zero-order valence-electron chi connectivity index (χ0n) is 17.8. The highest BCUT2D eigenvalue weighted by atomic mass is 32.2. The van der Waals surface area contributed by atoms with Crippen molar-refractivity contribution in [3.8, 4) is 11.5 Å². The molecule has 2 heterocycles. The summed E-state index contributed by atoms with van der Waals surface area (Å²) < 4.78 is 16.2. The summed E-state index contributed by atoms with van der Waals surface area (Å²) in [6.07, 6.45) is 1.47. The highest BCUT2D eigenvalue weighted by Gasteiger charge is 2.46. The Morgan fingerprint density at radius 2 is 2.06 bits per heavy atom. The molecule has 164 valence electrons. The highest BCUT2D eigenvalue weighted by molar-refractivity contribution is 8.15. The molecule has 0 spiro atoms. The Hall–Kier alpha value is -3.07. The van der Waals surface area contributed by atoms with Crippen molar-refractivity contribution in [1.82, 2.24) is 4.90 Å². The number of amidine groups is 1. The van der Waals surface area contributed by atoms with E-state index in [0.29, 0.717) is 28.8 Å². The maximum atomic E-state index is 13.0. The normalized spacial score (nSPS) is 20.2. The summed E-state index contributed by atoms with van der Waals surface area (Å²) in [7, 11) is 0. The van der Waals surface area contributed by atoms with E-state index in [1.165, 1.54) is 29.7 Å². The summed E-state index contributed by atoms with van der Waals surface area (Å²) in [6.45, 7) is 10.6. The van der Waals surface area contributed by atoms with E-state index >= 15 is 0 Å². The van der Waals surface area contributed by atoms with Gasteiger partial charge >= 0.3 is 11.9 Å². The van der Waals surface area contributed by atoms with Crippen LogP contribution in [0.25, 0.3) is 0 Å². The molecular weight excluding hydrogens is 420 g/mol. The number of amides is 1. The van der Waals surface area contributed by atoms with Gasteiger partial charge in [0.2, 0.25) is 5.91 Å². The minimum Gasteiger partial charge on any atom is -0.490 e. The first-order valence-electron chi connectivity index (χ1n) is 9.80. The molecule has 3 rings (SSSR count). The van der Waals surface area contributed by atoms with Crippen molar-refractivity contribution in [2.45, 2.75) is 39.0 Å². The number of carbonyl (C=O) groups is 3. The van der Waals surface area contributed by atoms with Gasteiger partial charge in [-0.1, -0.05) is 30.5 Å². The van der Waals surface area contributed by atoms with Crippen molar-refractivity contribution in [2.75, 3.05) is 13.2 Å². The number of carbonyl (C=O) groups excluding carboxylic acids is 3. The first kappa shape index (κ1) is 22.6. The summed E-state index contributed by atoms with van der Waals surface area (Å²) in [5, 5.41) is 0.201. The van der Waals surface area contributed by atoms with Crippen molar-refractivity contribution in [2.24, 2.45) is 4.99 Å². The largest absolute Gasteiger partial charge is 0.490 e. The van der Waals surface area contributed by atoms with Crippen LogP contribution in [0.2, 0.25) is 0 Å². The van der Waals surface area contributed by atoms with Crippen LogP contribution >= 0.6 is 11.8 Å². The molecule has 0 aromatic heterocycles. The van der Waals surface area contributed by atoms with Crippen molar-refractivity contribution in [1.29, 1.82) is 0 Å². The predicted molar refractivity (Wildman–Crippen MR) is 117 cm³/mol. The lowest BCUT2D eigenvalue weighted by Gasteiger charge is -2.33. The number of ether oxygens (including phenoxy) is 3. The molecule has 0 bridgehead atoms. The van der Waals surface area contributed by atoms with Crippen molar-refractivity contribution in [3.05, 3.63) is 47.7 Å². The third kappa shape index (κ3) is 4.51. The number of esters is 2. The third-order valence-corrected chi connectivity index (χ3v) is 5.70. The van der Waals surface area contributed by atoms with E-state index in [2.05, 4.69) is 11.6 Å². The van der Waals surface area contributed by atoms with Gasteiger partial charge in [0, 0.05) is 6.92 Å². The Morgan fingerprint density at radius 1 is 1.32 bits per heavy atom. The number of allylic oxidation sites excluding steroid dienone is 1. The molecule has 1 aromatic carbocycles. The van der Waals surface area contributed by atoms with E-state index in [1.807, 2.05) is 0 Å². The molecule has 1 amide bonds. The molecule has 2 aliphatic heterocycles. The zero-order chi connectivity index (χ0) is 22.7. The second-order valence-electron chi connectivity index (χ2n) is 6.88. The van der Waals surface area contributed by atoms with Crippen LogP contribution in [0.1, 0.15) is 39.3 Å². The number of rotatable bonds is 7. The molecule has 1 saturated heterocycles. The van der Waals surface area contributed by atoms with Crippen LogP contribution in [0.15, 0.2) is 47.1 Å². The Kier molecular flexibility index (Phi) is 6.84. The van der Waals surface area contributed by atoms with E-state index in [1.54, 1.807) is 39.0 Å². The van der Waals surface area contributed by atoms with Crippen LogP contribution in [0.3, 0.4) is 0 Å². The Bertz CT molecular complexity index is 1000. The first-order valence-corrected chi connectivity index (χ1v) is 10.7. The summed E-state index contributed by atoms with van der Waals surface area (Å²) in [4.78, 5) is 43.3. The molecule has 31 heavy (non-hydrogen) atoms. The monoisotopic (exact) mass is 444 g/mol. The number of hydrogen-bond acceptors (Lipinski definition) is 8. The van der Waals surface area contributed by atoms with Gasteiger partial charge < -0.3 is 14.2 Å². The second kappa shape index (κ2) is 9.38. The topological polar surface area (TPSA) is 94.5 Å². The van der Waals surface area contributed by atoms with E-state index in [9.17, 15) is 14.4 Å². The lowest BCUT2D eigenvalue weighted by molar-refractivity contribution is -0.139. The fraction of sp³-hybridized carbons (Fsp3) is 0.364. The van der Waals surface area contributed by atoms with E-state index in [0.717, 1.165) is 0 Å². The lowest BCUT2D eigenvalue weighted by atomic mass is 9.94. The smallest absolute Gasteiger partial charge is 0.338 e. The molecule has 0 N–H and O–H groups in total. The van der Waals surface area contributed by atoms with Crippen molar-refractivity contribution >= 4 is 34.8 Å². The minimum atomic E-state index is -0.750. The van der Waals surface area contributed by atoms with Gasteiger partial charge in [0.15, 0.2) is 16.7 Å². The van der Waals surface area contributed by atoms with Gasteiger partial charge in [-0.25, -0.2) is 9.79 Å². The Morgan fingerprint density at radius 3 is 2.71 bits per heavy atom. The fourth-order valence-electron chi connectivity index (χ4n) is 3.39. The Labute approximate surface area is 184 Å². The molecule has 2 aliphatic rings. The van der Waals surface area contributed by atoms with Gasteiger partial charge in [-0.05, 0) is 38.5 Å². The maximum Gasteiger partial charge on any atom is 0.338 e. The lowest BCUT2D eigenvalue weighted by Crippen LogP contribution is -2.40. The molecular formula is C22H24N2O6S. The van der Waals surface area contributed by atoms with E-state index < -0.39 is 18.0 Å². The average Bonchev–Trinajstić information content (AvgIpc) is 2.99. The maximum absolute atomic E-state index is 13.0. The van der Waals surface area contributed by atoms with Gasteiger partial charge in [0.25, 0.3) is 0 Å². The van der Waals surface area contributed by atoms with Gasteiger partial charge in [-0.3, -0.25) is 14.5 Å². The number of fused-ring (bicyclic) bond motifs is 1. The van der Waals surface area contributed by atoms with Gasteiger partial charge in [0.1, 0.15) is 6.61 Å². The van der Waals surface area contributed by atoms with Crippen LogP contribution < -0.4 is 9.47 Å². The Balaban J connectivity index is 2.13. The SMILES string of the molecule is C=CCOC(=O)C1=C(C)N=C2S[C@@H](C)C(=O)N2[C@@H]1c1ccc(OC(C)=O)c(OCC)c1. The second-order valence-corrected chi connectivity index (χ2v) is 8.19. The number of nitrogens with zero attached hydrogens (tertiary/aromatic N) is 2. The van der Waals surface area contributed by atoms with Crippen LogP contribution in [-0.4, -0.2) is 46.4 Å². The summed E-state index contributed by atoms with van der Waals surface area (Å²) in [5.41, 5.74) is 1.35. The van der Waals surface area contributed by atoms with E-state index in [4.69, 9.17) is 14.2 Å². The molecule has 0 aliphatic carbocycles. The zero-order valence-corrected chi connectivity index (χ0v) is 18.7. The third-order valence-electron chi connectivity index (χ3n) is 4.65. The predicted octanol–water partition coefficient (Wildman–Crippen LogP) is 3.39. The van der Waals surface area contributed by atoms with Crippen molar-refractivity contribution in [3.63, 3.8) is 0 Å². The molecule has 2 atom stereocenters. The van der Waals surface area contributed by atoms with Crippen molar-refractivity contribution < 1.29 is 28.6 Å². The molecule has 1 fully saturated rings. The molecule has 0 radical (unpaired) electrons. The van der Waals surface area contributed by atoms with Gasteiger partial charge in [-0.15, -0.1) is 0 Å². The first-order chi connectivity index (χ1) is 14.8. The molecule has 1 aromatic rings. The van der Waals surface area contributed by atoms with Crippen LogP contribution in [-0.2, 0) is 19.1 Å². The minimum absolute atomic E-state index is 0.0353. The number of thioether (sulfide) groups is 1. The number of hydrogen-bond donors (Lipinski definition) is 0. The van der Waals surface area contributed by atoms with E-state index in [-0.39, 0.29) is 29.1 Å². The van der Waals surface area contributed by atoms with Crippen LogP contribution in [0, 0.1) is 0 Å². The quantitative estimate of drug-likeness (QED) is 0.361. The summed E-state index contributed by atoms with van der Waals surface area (Å²) >= 11 is 1.34. The average molecular weight is 445 g/mol. The number of benzene rings is 1.